The highest BCUT2D eigenvalue weighted by molar-refractivity contribution is 6.09. The molecule has 4 nitrogen and oxygen atoms in total. The van der Waals surface area contributed by atoms with Crippen molar-refractivity contribution in [3.63, 3.8) is 0 Å². The number of ketones is 1. The largest absolute Gasteiger partial charge is 0.435 e. The SMILES string of the molecule is O=C(OCO)c1ccc(C(=O)c2ccccc2)cc1. The molecule has 0 saturated heterocycles. The number of aliphatic hydroxyl groups is 1. The molecule has 0 saturated carbocycles. The van der Waals surface area contributed by atoms with Gasteiger partial charge < -0.3 is 9.84 Å². The molecule has 2 aromatic rings. The molecule has 0 unspecified atom stereocenters. The van der Waals surface area contributed by atoms with E-state index >= 15 is 0 Å². The van der Waals surface area contributed by atoms with Crippen molar-refractivity contribution in [3.8, 4) is 0 Å². The third kappa shape index (κ3) is 3.05. The predicted octanol–water partition coefficient (Wildman–Crippen LogP) is 2.02. The van der Waals surface area contributed by atoms with Gasteiger partial charge in [-0.15, -0.1) is 0 Å². The van der Waals surface area contributed by atoms with Crippen LogP contribution in [-0.2, 0) is 4.74 Å². The van der Waals surface area contributed by atoms with Crippen LogP contribution in [0.1, 0.15) is 26.3 Å². The van der Waals surface area contributed by atoms with Gasteiger partial charge in [0.1, 0.15) is 0 Å². The fraction of sp³-hybridized carbons (Fsp3) is 0.0667. The molecule has 0 aliphatic heterocycles. The van der Waals surface area contributed by atoms with Gasteiger partial charge in [0.15, 0.2) is 12.6 Å². The number of esters is 1. The van der Waals surface area contributed by atoms with Gasteiger partial charge in [-0.2, -0.15) is 0 Å². The summed E-state index contributed by atoms with van der Waals surface area (Å²) < 4.78 is 4.44. The van der Waals surface area contributed by atoms with Crippen molar-refractivity contribution in [1.82, 2.24) is 0 Å². The van der Waals surface area contributed by atoms with Gasteiger partial charge in [-0.25, -0.2) is 4.79 Å². The monoisotopic (exact) mass is 256 g/mol. The maximum absolute atomic E-state index is 12.1. The Balaban J connectivity index is 2.19. The van der Waals surface area contributed by atoms with E-state index in [1.165, 1.54) is 12.1 Å². The van der Waals surface area contributed by atoms with E-state index in [1.54, 1.807) is 36.4 Å². The number of aliphatic hydroxyl groups excluding tert-OH is 1. The molecule has 0 aliphatic carbocycles. The van der Waals surface area contributed by atoms with E-state index in [0.29, 0.717) is 16.7 Å². The number of benzene rings is 2. The lowest BCUT2D eigenvalue weighted by Crippen LogP contribution is -2.07. The average Bonchev–Trinajstić information content (AvgIpc) is 2.48. The first kappa shape index (κ1) is 13.0. The summed E-state index contributed by atoms with van der Waals surface area (Å²) in [6, 6.07) is 15.0. The summed E-state index contributed by atoms with van der Waals surface area (Å²) in [5, 5.41) is 8.49. The summed E-state index contributed by atoms with van der Waals surface area (Å²) in [5.74, 6) is -0.733. The number of carbonyl (C=O) groups excluding carboxylic acids is 2. The predicted molar refractivity (Wildman–Crippen MR) is 68.8 cm³/mol. The molecule has 0 bridgehead atoms. The van der Waals surface area contributed by atoms with Crippen molar-refractivity contribution in [3.05, 3.63) is 71.3 Å². The number of hydrogen-bond donors (Lipinski definition) is 1. The van der Waals surface area contributed by atoms with E-state index in [2.05, 4.69) is 4.74 Å². The van der Waals surface area contributed by atoms with E-state index in [0.717, 1.165) is 0 Å². The Hall–Kier alpha value is -2.46. The lowest BCUT2D eigenvalue weighted by Gasteiger charge is -2.03. The molecule has 2 rings (SSSR count). The number of hydrogen-bond acceptors (Lipinski definition) is 4. The minimum Gasteiger partial charge on any atom is -0.435 e. The molecule has 0 aromatic heterocycles. The zero-order valence-electron chi connectivity index (χ0n) is 10.1. The summed E-state index contributed by atoms with van der Waals surface area (Å²) >= 11 is 0. The lowest BCUT2D eigenvalue weighted by atomic mass is 10.0. The topological polar surface area (TPSA) is 63.6 Å². The van der Waals surface area contributed by atoms with Gasteiger partial charge in [-0.3, -0.25) is 4.79 Å². The van der Waals surface area contributed by atoms with E-state index in [-0.39, 0.29) is 5.78 Å². The first-order valence-electron chi connectivity index (χ1n) is 5.70. The highest BCUT2D eigenvalue weighted by Gasteiger charge is 2.10. The molecule has 96 valence electrons. The van der Waals surface area contributed by atoms with E-state index in [1.807, 2.05) is 6.07 Å². The van der Waals surface area contributed by atoms with Crippen molar-refractivity contribution in [2.45, 2.75) is 0 Å². The van der Waals surface area contributed by atoms with E-state index < -0.39 is 12.8 Å². The molecule has 0 spiro atoms. The molecule has 2 aromatic carbocycles. The second kappa shape index (κ2) is 5.93. The van der Waals surface area contributed by atoms with Crippen LogP contribution in [0.4, 0.5) is 0 Å². The Kier molecular flexibility index (Phi) is 4.05. The molecule has 4 heteroatoms. The minimum absolute atomic E-state index is 0.109. The van der Waals surface area contributed by atoms with Gasteiger partial charge in [-0.1, -0.05) is 42.5 Å². The zero-order valence-corrected chi connectivity index (χ0v) is 10.1. The summed E-state index contributed by atoms with van der Waals surface area (Å²) in [6.07, 6.45) is 0. The summed E-state index contributed by atoms with van der Waals surface area (Å²) in [4.78, 5) is 23.4. The van der Waals surface area contributed by atoms with E-state index in [9.17, 15) is 9.59 Å². The number of carbonyl (C=O) groups is 2. The second-order valence-electron chi connectivity index (χ2n) is 3.83. The van der Waals surface area contributed by atoms with Crippen molar-refractivity contribution in [2.75, 3.05) is 6.79 Å². The molecule has 0 aliphatic rings. The Morgan fingerprint density at radius 3 is 1.95 bits per heavy atom. The summed E-state index contributed by atoms with van der Waals surface area (Å²) in [7, 11) is 0. The maximum Gasteiger partial charge on any atom is 0.340 e. The number of ether oxygens (including phenoxy) is 1. The third-order valence-electron chi connectivity index (χ3n) is 2.61. The van der Waals surface area contributed by atoms with Crippen molar-refractivity contribution in [2.24, 2.45) is 0 Å². The third-order valence-corrected chi connectivity index (χ3v) is 2.61. The van der Waals surface area contributed by atoms with E-state index in [4.69, 9.17) is 5.11 Å². The van der Waals surface area contributed by atoms with Gasteiger partial charge in [0.25, 0.3) is 0 Å². The Bertz CT molecular complexity index is 573. The van der Waals surface area contributed by atoms with Gasteiger partial charge >= 0.3 is 5.97 Å². The van der Waals surface area contributed by atoms with Crippen molar-refractivity contribution < 1.29 is 19.4 Å². The second-order valence-corrected chi connectivity index (χ2v) is 3.83. The van der Waals surface area contributed by atoms with Crippen LogP contribution >= 0.6 is 0 Å². The summed E-state index contributed by atoms with van der Waals surface area (Å²) in [5.41, 5.74) is 1.37. The molecule has 1 N–H and O–H groups in total. The Labute approximate surface area is 110 Å². The molecular weight excluding hydrogens is 244 g/mol. The smallest absolute Gasteiger partial charge is 0.340 e. The maximum atomic E-state index is 12.1. The van der Waals surface area contributed by atoms with Crippen LogP contribution in [0.3, 0.4) is 0 Å². The van der Waals surface area contributed by atoms with Gasteiger partial charge in [0, 0.05) is 11.1 Å². The highest BCUT2D eigenvalue weighted by atomic mass is 16.6. The summed E-state index contributed by atoms with van der Waals surface area (Å²) in [6.45, 7) is -0.663. The van der Waals surface area contributed by atoms with Gasteiger partial charge in [0.05, 0.1) is 5.56 Å². The zero-order chi connectivity index (χ0) is 13.7. The first-order chi connectivity index (χ1) is 9.22. The minimum atomic E-state index is -0.663. The van der Waals surface area contributed by atoms with Crippen LogP contribution in [0.5, 0.6) is 0 Å². The fourth-order valence-electron chi connectivity index (χ4n) is 1.66. The molecule has 0 radical (unpaired) electrons. The standard InChI is InChI=1S/C15H12O4/c16-10-19-15(18)13-8-6-12(7-9-13)14(17)11-4-2-1-3-5-11/h1-9,16H,10H2. The van der Waals surface area contributed by atoms with Crippen LogP contribution < -0.4 is 0 Å². The molecular formula is C15H12O4. The molecule has 0 fully saturated rings. The quantitative estimate of drug-likeness (QED) is 0.516. The fourth-order valence-corrected chi connectivity index (χ4v) is 1.66. The van der Waals surface area contributed by atoms with Gasteiger partial charge in [0.2, 0.25) is 0 Å². The molecule has 0 amide bonds. The van der Waals surface area contributed by atoms with Gasteiger partial charge in [-0.05, 0) is 12.1 Å². The number of rotatable bonds is 4. The Morgan fingerprint density at radius 2 is 1.37 bits per heavy atom. The average molecular weight is 256 g/mol. The van der Waals surface area contributed by atoms with Crippen LogP contribution in [0.2, 0.25) is 0 Å². The lowest BCUT2D eigenvalue weighted by molar-refractivity contribution is 0.00682. The van der Waals surface area contributed by atoms with Crippen LogP contribution in [-0.4, -0.2) is 23.7 Å². The molecule has 0 heterocycles. The Morgan fingerprint density at radius 1 is 0.842 bits per heavy atom. The van der Waals surface area contributed by atoms with Crippen LogP contribution in [0, 0.1) is 0 Å². The first-order valence-corrected chi connectivity index (χ1v) is 5.70. The highest BCUT2D eigenvalue weighted by Crippen LogP contribution is 2.11. The normalized spacial score (nSPS) is 9.95. The van der Waals surface area contributed by atoms with Crippen molar-refractivity contribution in [1.29, 1.82) is 0 Å². The van der Waals surface area contributed by atoms with Crippen molar-refractivity contribution >= 4 is 11.8 Å². The van der Waals surface area contributed by atoms with Crippen LogP contribution in [0.25, 0.3) is 0 Å². The molecule has 19 heavy (non-hydrogen) atoms. The molecule has 0 atom stereocenters. The van der Waals surface area contributed by atoms with Crippen LogP contribution in [0.15, 0.2) is 54.6 Å².